The number of nitrogens with one attached hydrogen (secondary N) is 2. The topological polar surface area (TPSA) is 101 Å². The van der Waals surface area contributed by atoms with Gasteiger partial charge in [0.25, 0.3) is 5.91 Å². The van der Waals surface area contributed by atoms with Crippen molar-refractivity contribution in [3.05, 3.63) is 65.7 Å². The van der Waals surface area contributed by atoms with Crippen LogP contribution in [0.1, 0.15) is 22.3 Å². The Hall–Kier alpha value is -3.89. The molecule has 1 aromatic heterocycles. The molecule has 0 fully saturated rings. The summed E-state index contributed by atoms with van der Waals surface area (Å²) in [5.41, 5.74) is 3.23. The molecule has 3 rings (SSSR count). The summed E-state index contributed by atoms with van der Waals surface area (Å²) in [6, 6.07) is 15.5. The van der Waals surface area contributed by atoms with Gasteiger partial charge in [0.1, 0.15) is 11.6 Å². The monoisotopic (exact) mass is 375 g/mol. The molecule has 1 heterocycles. The third-order valence-electron chi connectivity index (χ3n) is 3.90. The number of nitrogens with zero attached hydrogens (tertiary/aromatic N) is 1. The second-order valence-corrected chi connectivity index (χ2v) is 5.77. The molecular weight excluding hydrogens is 358 g/mol. The van der Waals surface area contributed by atoms with E-state index >= 15 is 0 Å². The van der Waals surface area contributed by atoms with Crippen LogP contribution < -0.4 is 15.5 Å². The normalized spacial score (nSPS) is 9.93. The van der Waals surface area contributed by atoms with Crippen LogP contribution >= 0.6 is 0 Å². The number of methoxy groups -OCH3 is 1. The van der Waals surface area contributed by atoms with Gasteiger partial charge in [-0.1, -0.05) is 24.0 Å². The van der Waals surface area contributed by atoms with Gasteiger partial charge in [-0.2, -0.15) is 0 Å². The van der Waals surface area contributed by atoms with Crippen molar-refractivity contribution in [3.8, 4) is 17.6 Å². The number of hydrogen-bond donors (Lipinski definition) is 3. The first-order valence-corrected chi connectivity index (χ1v) is 8.37. The predicted molar refractivity (Wildman–Crippen MR) is 104 cm³/mol. The van der Waals surface area contributed by atoms with Crippen LogP contribution in [0.15, 0.2) is 54.6 Å². The van der Waals surface area contributed by atoms with Gasteiger partial charge in [0.05, 0.1) is 19.0 Å². The largest absolute Gasteiger partial charge is 0.496 e. The summed E-state index contributed by atoms with van der Waals surface area (Å²) in [4.78, 5) is 27.8. The first kappa shape index (κ1) is 18.9. The maximum Gasteiger partial charge on any atom is 0.274 e. The molecule has 3 N–H and O–H groups in total. The fourth-order valence-electron chi connectivity index (χ4n) is 2.56. The second-order valence-electron chi connectivity index (χ2n) is 5.77. The van der Waals surface area contributed by atoms with E-state index < -0.39 is 5.91 Å². The van der Waals surface area contributed by atoms with Crippen LogP contribution in [0.4, 0.5) is 5.82 Å². The van der Waals surface area contributed by atoms with Crippen molar-refractivity contribution in [2.75, 3.05) is 12.4 Å². The number of hydrogen-bond acceptors (Lipinski definition) is 5. The van der Waals surface area contributed by atoms with Crippen LogP contribution in [0.5, 0.6) is 5.75 Å². The van der Waals surface area contributed by atoms with E-state index in [-0.39, 0.29) is 12.3 Å². The number of pyridine rings is 1. The minimum absolute atomic E-state index is 0.0182. The van der Waals surface area contributed by atoms with Crippen LogP contribution in [-0.4, -0.2) is 29.1 Å². The number of rotatable bonds is 4. The van der Waals surface area contributed by atoms with Crippen molar-refractivity contribution < 1.29 is 19.5 Å². The molecule has 28 heavy (non-hydrogen) atoms. The summed E-state index contributed by atoms with van der Waals surface area (Å²) in [5.74, 6) is 5.74. The van der Waals surface area contributed by atoms with Crippen LogP contribution in [0, 0.1) is 11.8 Å². The summed E-state index contributed by atoms with van der Waals surface area (Å²) < 4.78 is 5.36. The average Bonchev–Trinajstić information content (AvgIpc) is 2.73. The fourth-order valence-corrected chi connectivity index (χ4v) is 2.56. The Labute approximate surface area is 161 Å². The Morgan fingerprint density at radius 3 is 2.61 bits per heavy atom. The van der Waals surface area contributed by atoms with Gasteiger partial charge in [0.15, 0.2) is 0 Å². The number of ether oxygens (including phenoxy) is 1. The summed E-state index contributed by atoms with van der Waals surface area (Å²) in [6.07, 6.45) is -0.0182. The number of carbonyl (C=O) groups is 2. The molecule has 140 valence electrons. The Kier molecular flexibility index (Phi) is 5.84. The van der Waals surface area contributed by atoms with Crippen LogP contribution in [0.25, 0.3) is 10.9 Å². The number of carbonyl (C=O) groups excluding carboxylic acids is 2. The first-order chi connectivity index (χ1) is 13.6. The van der Waals surface area contributed by atoms with Gasteiger partial charge in [0.2, 0.25) is 5.91 Å². The second kappa shape index (κ2) is 8.66. The smallest absolute Gasteiger partial charge is 0.274 e. The minimum Gasteiger partial charge on any atom is -0.496 e. The quantitative estimate of drug-likeness (QED) is 0.370. The van der Waals surface area contributed by atoms with E-state index in [2.05, 4.69) is 22.1 Å². The molecule has 3 aromatic rings. The van der Waals surface area contributed by atoms with E-state index in [1.807, 2.05) is 24.3 Å². The summed E-state index contributed by atoms with van der Waals surface area (Å²) in [5, 5.41) is 12.2. The molecule has 2 aromatic carbocycles. The molecule has 7 nitrogen and oxygen atoms in total. The molecule has 0 atom stereocenters. The van der Waals surface area contributed by atoms with Gasteiger partial charge < -0.3 is 10.1 Å². The van der Waals surface area contributed by atoms with E-state index in [9.17, 15) is 9.59 Å². The molecule has 0 aliphatic heterocycles. The molecule has 0 unspecified atom stereocenters. The highest BCUT2D eigenvalue weighted by atomic mass is 16.5. The number of amides is 2. The van der Waals surface area contributed by atoms with E-state index in [1.54, 1.807) is 30.8 Å². The lowest BCUT2D eigenvalue weighted by molar-refractivity contribution is -0.115. The van der Waals surface area contributed by atoms with Crippen LogP contribution in [0.2, 0.25) is 0 Å². The number of aromatic nitrogens is 1. The van der Waals surface area contributed by atoms with Gasteiger partial charge >= 0.3 is 0 Å². The predicted octanol–water partition coefficient (Wildman–Crippen LogP) is 2.74. The van der Waals surface area contributed by atoms with E-state index in [1.165, 1.54) is 12.1 Å². The highest BCUT2D eigenvalue weighted by Gasteiger charge is 2.08. The number of fused-ring (bicyclic) bond motifs is 1. The average molecular weight is 375 g/mol. The van der Waals surface area contributed by atoms with Crippen molar-refractivity contribution >= 4 is 28.5 Å². The maximum absolute atomic E-state index is 12.1. The van der Waals surface area contributed by atoms with Crippen LogP contribution in [-0.2, 0) is 4.79 Å². The maximum atomic E-state index is 12.1. The lowest BCUT2D eigenvalue weighted by atomic mass is 10.1. The molecule has 0 bridgehead atoms. The van der Waals surface area contributed by atoms with Gasteiger partial charge in [-0.3, -0.25) is 14.8 Å². The van der Waals surface area contributed by atoms with E-state index in [0.29, 0.717) is 22.7 Å². The minimum atomic E-state index is -0.600. The number of anilines is 1. The first-order valence-electron chi connectivity index (χ1n) is 8.37. The molecular formula is C21H17N3O4. The standard InChI is InChI=1S/C21H17N3O4/c1-28-18-13-19(22-17-7-3-2-6-16(17)18)23-20(25)8-4-5-14-9-11-15(12-10-14)21(26)24-27/h2-3,6-7,9-13,27H,8H2,1H3,(H,24,26)(H,22,23,25). The van der Waals surface area contributed by atoms with E-state index in [4.69, 9.17) is 9.94 Å². The summed E-state index contributed by atoms with van der Waals surface area (Å²) >= 11 is 0. The van der Waals surface area contributed by atoms with Gasteiger partial charge in [-0.15, -0.1) is 0 Å². The third-order valence-corrected chi connectivity index (χ3v) is 3.90. The van der Waals surface area contributed by atoms with Crippen molar-refractivity contribution in [1.82, 2.24) is 10.5 Å². The van der Waals surface area contributed by atoms with Crippen molar-refractivity contribution in [2.24, 2.45) is 0 Å². The fraction of sp³-hybridized carbons (Fsp3) is 0.0952. The molecule has 0 saturated heterocycles. The SMILES string of the molecule is COc1cc(NC(=O)CC#Cc2ccc(C(=O)NO)cc2)nc2ccccc12. The Morgan fingerprint density at radius 2 is 1.89 bits per heavy atom. The zero-order chi connectivity index (χ0) is 19.9. The highest BCUT2D eigenvalue weighted by Crippen LogP contribution is 2.26. The summed E-state index contributed by atoms with van der Waals surface area (Å²) in [7, 11) is 1.56. The van der Waals surface area contributed by atoms with Gasteiger partial charge in [-0.05, 0) is 36.4 Å². The number of benzene rings is 2. The molecule has 0 aliphatic carbocycles. The molecule has 7 heteroatoms. The molecule has 2 amide bonds. The Morgan fingerprint density at radius 1 is 1.14 bits per heavy atom. The molecule has 0 radical (unpaired) electrons. The lowest BCUT2D eigenvalue weighted by Gasteiger charge is -2.08. The van der Waals surface area contributed by atoms with Crippen molar-refractivity contribution in [1.29, 1.82) is 0 Å². The highest BCUT2D eigenvalue weighted by molar-refractivity contribution is 5.95. The molecule has 0 saturated carbocycles. The number of hydroxylamine groups is 1. The zero-order valence-corrected chi connectivity index (χ0v) is 15.0. The molecule has 0 spiro atoms. The van der Waals surface area contributed by atoms with E-state index in [0.717, 1.165) is 10.9 Å². The number of para-hydroxylation sites is 1. The Bertz CT molecular complexity index is 1080. The zero-order valence-electron chi connectivity index (χ0n) is 15.0. The van der Waals surface area contributed by atoms with Gasteiger partial charge in [-0.25, -0.2) is 10.5 Å². The van der Waals surface area contributed by atoms with Crippen LogP contribution in [0.3, 0.4) is 0 Å². The van der Waals surface area contributed by atoms with Crippen molar-refractivity contribution in [2.45, 2.75) is 6.42 Å². The lowest BCUT2D eigenvalue weighted by Crippen LogP contribution is -2.18. The third kappa shape index (κ3) is 4.44. The van der Waals surface area contributed by atoms with Gasteiger partial charge in [0, 0.05) is 22.6 Å². The molecule has 0 aliphatic rings. The van der Waals surface area contributed by atoms with Crippen molar-refractivity contribution in [3.63, 3.8) is 0 Å². The Balaban J connectivity index is 1.66. The summed E-state index contributed by atoms with van der Waals surface area (Å²) in [6.45, 7) is 0.